The van der Waals surface area contributed by atoms with Crippen molar-refractivity contribution in [3.8, 4) is 11.5 Å². The molecule has 0 aliphatic carbocycles. The van der Waals surface area contributed by atoms with Gasteiger partial charge in [0.05, 0.1) is 49.7 Å². The minimum Gasteiger partial charge on any atom is -0.495 e. The van der Waals surface area contributed by atoms with Gasteiger partial charge in [0.1, 0.15) is 27.4 Å². The van der Waals surface area contributed by atoms with Crippen molar-refractivity contribution in [3.63, 3.8) is 0 Å². The number of amides is 1. The van der Waals surface area contributed by atoms with E-state index < -0.39 is 0 Å². The summed E-state index contributed by atoms with van der Waals surface area (Å²) >= 11 is 19.6. The van der Waals surface area contributed by atoms with Crippen molar-refractivity contribution >= 4 is 81.0 Å². The largest absolute Gasteiger partial charge is 0.495 e. The molecule has 2 N–H and O–H groups in total. The first-order valence-electron chi connectivity index (χ1n) is 12.5. The molecule has 42 heavy (non-hydrogen) atoms. The highest BCUT2D eigenvalue weighted by molar-refractivity contribution is 7.80. The van der Waals surface area contributed by atoms with E-state index in [9.17, 15) is 4.79 Å². The lowest BCUT2D eigenvalue weighted by Gasteiger charge is -2.39. The molecule has 1 aliphatic rings. The summed E-state index contributed by atoms with van der Waals surface area (Å²) in [6, 6.07) is 7.15. The molecular weight excluding hydrogens is 599 g/mol. The predicted molar refractivity (Wildman–Crippen MR) is 169 cm³/mol. The molecule has 3 heterocycles. The van der Waals surface area contributed by atoms with Crippen LogP contribution < -0.4 is 29.9 Å². The van der Waals surface area contributed by atoms with Gasteiger partial charge < -0.3 is 25.0 Å². The van der Waals surface area contributed by atoms with Crippen LogP contribution in [0.15, 0.2) is 55.5 Å². The minimum absolute atomic E-state index is 0.256. The van der Waals surface area contributed by atoms with E-state index in [2.05, 4.69) is 27.3 Å². The lowest BCUT2D eigenvalue weighted by Crippen LogP contribution is -2.45. The first kappa shape index (κ1) is 29.1. The first-order chi connectivity index (χ1) is 20.2. The smallest absolute Gasteiger partial charge is 0.247 e. The number of rotatable bonds is 8. The van der Waals surface area contributed by atoms with Crippen LogP contribution in [0.3, 0.4) is 0 Å². The van der Waals surface area contributed by atoms with Gasteiger partial charge in [0.2, 0.25) is 11.9 Å². The molecule has 216 valence electrons. The van der Waals surface area contributed by atoms with Crippen LogP contribution in [0, 0.1) is 6.92 Å². The van der Waals surface area contributed by atoms with Gasteiger partial charge >= 0.3 is 0 Å². The molecule has 0 bridgehead atoms. The summed E-state index contributed by atoms with van der Waals surface area (Å²) in [4.78, 5) is 25.0. The number of ether oxygens (including phenoxy) is 2. The van der Waals surface area contributed by atoms with Crippen molar-refractivity contribution in [2.45, 2.75) is 13.5 Å². The van der Waals surface area contributed by atoms with Crippen LogP contribution in [-0.2, 0) is 18.4 Å². The van der Waals surface area contributed by atoms with Crippen molar-refractivity contribution in [3.05, 3.63) is 76.7 Å². The van der Waals surface area contributed by atoms with Gasteiger partial charge in [-0.1, -0.05) is 41.9 Å². The van der Waals surface area contributed by atoms with Crippen LogP contribution >= 0.6 is 35.4 Å². The molecule has 0 unspecified atom stereocenters. The number of aryl methyl sites for hydroxylation is 2. The van der Waals surface area contributed by atoms with E-state index in [1.165, 1.54) is 20.3 Å². The quantitative estimate of drug-likeness (QED) is 0.175. The number of hydrogen-bond donors (Lipinski definition) is 2. The summed E-state index contributed by atoms with van der Waals surface area (Å²) in [7, 11) is 4.82. The lowest BCUT2D eigenvalue weighted by atomic mass is 10.1. The Morgan fingerprint density at radius 3 is 2.50 bits per heavy atom. The van der Waals surface area contributed by atoms with Crippen LogP contribution in [0.1, 0.15) is 11.1 Å². The van der Waals surface area contributed by atoms with Crippen molar-refractivity contribution in [1.29, 1.82) is 0 Å². The number of fused-ring (bicyclic) bond motifs is 1. The second-order valence-electron chi connectivity index (χ2n) is 9.19. The average molecular weight is 626 g/mol. The zero-order valence-corrected chi connectivity index (χ0v) is 25.4. The number of carbonyl (C=O) groups excluding carboxylic acids is 1. The Morgan fingerprint density at radius 2 is 1.88 bits per heavy atom. The van der Waals surface area contributed by atoms with Gasteiger partial charge in [0.25, 0.3) is 0 Å². The number of hydrogen-bond acceptors (Lipinski definition) is 8. The van der Waals surface area contributed by atoms with Gasteiger partial charge in [0.15, 0.2) is 5.11 Å². The van der Waals surface area contributed by atoms with E-state index in [1.54, 1.807) is 46.1 Å². The topological polar surface area (TPSA) is 110 Å². The van der Waals surface area contributed by atoms with Crippen LogP contribution in [0.2, 0.25) is 10.0 Å². The maximum atomic E-state index is 12.0. The second-order valence-corrected chi connectivity index (χ2v) is 10.3. The zero-order chi connectivity index (χ0) is 30.1. The van der Waals surface area contributed by atoms with Crippen LogP contribution in [0.5, 0.6) is 11.5 Å². The van der Waals surface area contributed by atoms with E-state index in [4.69, 9.17) is 49.9 Å². The molecule has 14 heteroatoms. The summed E-state index contributed by atoms with van der Waals surface area (Å²) in [5, 5.41) is 11.3. The fraction of sp³-hybridized carbons (Fsp3) is 0.179. The number of anilines is 6. The SMILES string of the molecule is C=CC(=O)Nc1cccc(C)c1Nc1ncc2c(n1)N(c1cnn(C)c1)C(=S)N(c1c(Cl)c(OC)cc(OC)c1Cl)C2. The van der Waals surface area contributed by atoms with Gasteiger partial charge in [-0.15, -0.1) is 0 Å². The van der Waals surface area contributed by atoms with Crippen molar-refractivity contribution in [2.75, 3.05) is 34.7 Å². The van der Waals surface area contributed by atoms with E-state index in [0.717, 1.165) is 11.1 Å². The van der Waals surface area contributed by atoms with Gasteiger partial charge in [-0.2, -0.15) is 10.1 Å². The summed E-state index contributed by atoms with van der Waals surface area (Å²) in [6.45, 7) is 5.70. The Kier molecular flexibility index (Phi) is 8.21. The number of halogens is 2. The Labute approximate surface area is 257 Å². The number of nitrogens with one attached hydrogen (secondary N) is 2. The summed E-state index contributed by atoms with van der Waals surface area (Å²) < 4.78 is 12.6. The fourth-order valence-corrected chi connectivity index (χ4v) is 5.54. The zero-order valence-electron chi connectivity index (χ0n) is 23.1. The number of aromatic nitrogens is 4. The van der Waals surface area contributed by atoms with Crippen LogP contribution in [-0.4, -0.2) is 45.0 Å². The number of methoxy groups -OCH3 is 2. The van der Waals surface area contributed by atoms with Crippen LogP contribution in [0.25, 0.3) is 0 Å². The average Bonchev–Trinajstić information content (AvgIpc) is 3.40. The number of thiocarbonyl (C=S) groups is 1. The molecule has 0 fully saturated rings. The Morgan fingerprint density at radius 1 is 1.17 bits per heavy atom. The summed E-state index contributed by atoms with van der Waals surface area (Å²) in [5.41, 5.74) is 3.89. The highest BCUT2D eigenvalue weighted by Gasteiger charge is 2.35. The van der Waals surface area contributed by atoms with Gasteiger partial charge in [-0.05, 0) is 36.8 Å². The number of nitrogens with zero attached hydrogens (tertiary/aromatic N) is 6. The molecular formula is C28H26Cl2N8O3S. The molecule has 4 aromatic rings. The molecule has 2 aromatic carbocycles. The third kappa shape index (κ3) is 5.31. The second kappa shape index (κ2) is 11.8. The standard InChI is InChI=1S/C28H26Cl2N8O3S/c1-6-21(39)33-18-9-7-8-15(2)24(18)34-27-31-11-16-13-37(25-22(29)19(40-4)10-20(41-5)23(25)30)28(42)38(26(16)35-27)17-12-32-36(3)14-17/h6-12,14H,1,13H2,2-5H3,(H,33,39)(H,31,34,35). The van der Waals surface area contributed by atoms with Crippen molar-refractivity contribution in [2.24, 2.45) is 7.05 Å². The molecule has 0 saturated carbocycles. The molecule has 0 radical (unpaired) electrons. The van der Waals surface area contributed by atoms with Gasteiger partial charge in [-0.3, -0.25) is 14.4 Å². The number of carbonyl (C=O) groups is 1. The van der Waals surface area contributed by atoms with Crippen molar-refractivity contribution in [1.82, 2.24) is 19.7 Å². The predicted octanol–water partition coefficient (Wildman–Crippen LogP) is 6.15. The normalized spacial score (nSPS) is 12.6. The molecule has 5 rings (SSSR count). The summed E-state index contributed by atoms with van der Waals surface area (Å²) in [6.07, 6.45) is 6.39. The molecule has 0 spiro atoms. The van der Waals surface area contributed by atoms with Gasteiger partial charge in [-0.25, -0.2) is 4.98 Å². The lowest BCUT2D eigenvalue weighted by molar-refractivity contribution is -0.111. The summed E-state index contributed by atoms with van der Waals surface area (Å²) in [5.74, 6) is 1.25. The molecule has 11 nitrogen and oxygen atoms in total. The maximum Gasteiger partial charge on any atom is 0.247 e. The third-order valence-corrected chi connectivity index (χ3v) is 7.66. The van der Waals surface area contributed by atoms with E-state index in [1.807, 2.05) is 25.3 Å². The molecule has 2 aromatic heterocycles. The minimum atomic E-state index is -0.338. The Balaban J connectivity index is 1.62. The molecule has 1 amide bonds. The third-order valence-electron chi connectivity index (χ3n) is 6.53. The van der Waals surface area contributed by atoms with Crippen LogP contribution in [0.4, 0.5) is 34.5 Å². The Bertz CT molecular complexity index is 1700. The maximum absolute atomic E-state index is 12.0. The van der Waals surface area contributed by atoms with Gasteiger partial charge in [0, 0.05) is 31.1 Å². The molecule has 0 saturated heterocycles. The molecule has 0 atom stereocenters. The monoisotopic (exact) mass is 624 g/mol. The van der Waals surface area contributed by atoms with Crippen molar-refractivity contribution < 1.29 is 14.3 Å². The highest BCUT2D eigenvalue weighted by Crippen LogP contribution is 2.48. The first-order valence-corrected chi connectivity index (χ1v) is 13.7. The highest BCUT2D eigenvalue weighted by atomic mass is 35.5. The number of benzene rings is 2. The fourth-order valence-electron chi connectivity index (χ4n) is 4.49. The van der Waals surface area contributed by atoms with E-state index >= 15 is 0 Å². The van der Waals surface area contributed by atoms with E-state index in [0.29, 0.717) is 51.1 Å². The molecule has 1 aliphatic heterocycles. The number of para-hydroxylation sites is 1. The van der Waals surface area contributed by atoms with E-state index in [-0.39, 0.29) is 22.5 Å². The Hall–Kier alpha value is -4.39.